The quantitative estimate of drug-likeness (QED) is 0.595. The number of benzene rings is 2. The summed E-state index contributed by atoms with van der Waals surface area (Å²) in [7, 11) is 0. The summed E-state index contributed by atoms with van der Waals surface area (Å²) in [6.07, 6.45) is 3.22. The Bertz CT molecular complexity index is 953. The minimum absolute atomic E-state index is 0.152. The molecule has 2 aromatic carbocycles. The highest BCUT2D eigenvalue weighted by molar-refractivity contribution is 6.30. The molecule has 1 aromatic heterocycles. The standard InChI is InChI=1S/C23H23ClN2O/c1-15(14-27)16-8-10-19(11-9-16)25-23-13-22(17-4-2-5-18(24)12-17)26-21-7-3-6-20(21)23/h2,4-5,8-13,15,27H,3,6-7,14H2,1H3,(H,25,26). The fraction of sp³-hybridized carbons (Fsp3) is 0.261. The summed E-state index contributed by atoms with van der Waals surface area (Å²) < 4.78 is 0. The number of hydrogen-bond acceptors (Lipinski definition) is 3. The van der Waals surface area contributed by atoms with Crippen LogP contribution in [0.1, 0.15) is 36.1 Å². The van der Waals surface area contributed by atoms with Gasteiger partial charge in [-0.1, -0.05) is 42.8 Å². The van der Waals surface area contributed by atoms with E-state index in [4.69, 9.17) is 16.6 Å². The minimum Gasteiger partial charge on any atom is -0.396 e. The van der Waals surface area contributed by atoms with Crippen LogP contribution in [0.15, 0.2) is 54.6 Å². The highest BCUT2D eigenvalue weighted by Gasteiger charge is 2.19. The van der Waals surface area contributed by atoms with Crippen LogP contribution >= 0.6 is 11.6 Å². The summed E-state index contributed by atoms with van der Waals surface area (Å²) >= 11 is 6.17. The summed E-state index contributed by atoms with van der Waals surface area (Å²) in [5, 5.41) is 13.6. The monoisotopic (exact) mass is 378 g/mol. The van der Waals surface area contributed by atoms with Crippen LogP contribution in [0.5, 0.6) is 0 Å². The number of aliphatic hydroxyl groups is 1. The molecular formula is C23H23ClN2O. The Morgan fingerprint density at radius 3 is 2.67 bits per heavy atom. The number of rotatable bonds is 5. The van der Waals surface area contributed by atoms with Crippen molar-refractivity contribution in [3.63, 3.8) is 0 Å². The fourth-order valence-corrected chi connectivity index (χ4v) is 3.80. The molecule has 138 valence electrons. The maximum Gasteiger partial charge on any atom is 0.0726 e. The molecule has 0 bridgehead atoms. The lowest BCUT2D eigenvalue weighted by Crippen LogP contribution is -2.01. The Balaban J connectivity index is 1.68. The van der Waals surface area contributed by atoms with E-state index >= 15 is 0 Å². The maximum absolute atomic E-state index is 9.32. The van der Waals surface area contributed by atoms with Crippen LogP contribution in [0.2, 0.25) is 5.02 Å². The van der Waals surface area contributed by atoms with Gasteiger partial charge in [0.2, 0.25) is 0 Å². The topological polar surface area (TPSA) is 45.1 Å². The third-order valence-corrected chi connectivity index (χ3v) is 5.44. The molecule has 0 saturated carbocycles. The molecule has 1 heterocycles. The Hall–Kier alpha value is -2.36. The molecule has 4 heteroatoms. The Morgan fingerprint density at radius 2 is 1.93 bits per heavy atom. The molecule has 3 nitrogen and oxygen atoms in total. The maximum atomic E-state index is 9.32. The largest absolute Gasteiger partial charge is 0.396 e. The van der Waals surface area contributed by atoms with Crippen molar-refractivity contribution in [3.05, 3.63) is 76.4 Å². The number of nitrogens with one attached hydrogen (secondary N) is 1. The number of nitrogens with zero attached hydrogens (tertiary/aromatic N) is 1. The first kappa shape index (κ1) is 18.0. The van der Waals surface area contributed by atoms with Crippen molar-refractivity contribution in [1.29, 1.82) is 0 Å². The van der Waals surface area contributed by atoms with Gasteiger partial charge in [-0.15, -0.1) is 0 Å². The lowest BCUT2D eigenvalue weighted by molar-refractivity contribution is 0.273. The van der Waals surface area contributed by atoms with Crippen molar-refractivity contribution < 1.29 is 5.11 Å². The molecule has 0 radical (unpaired) electrons. The number of hydrogen-bond donors (Lipinski definition) is 2. The van der Waals surface area contributed by atoms with Crippen LogP contribution in [-0.2, 0) is 12.8 Å². The molecule has 2 N–H and O–H groups in total. The van der Waals surface area contributed by atoms with Crippen LogP contribution < -0.4 is 5.32 Å². The fourth-order valence-electron chi connectivity index (χ4n) is 3.61. The third-order valence-electron chi connectivity index (χ3n) is 5.20. The van der Waals surface area contributed by atoms with Crippen molar-refractivity contribution in [2.24, 2.45) is 0 Å². The van der Waals surface area contributed by atoms with Crippen molar-refractivity contribution in [3.8, 4) is 11.3 Å². The van der Waals surface area contributed by atoms with Gasteiger partial charge in [0.15, 0.2) is 0 Å². The van der Waals surface area contributed by atoms with Crippen LogP contribution in [0.25, 0.3) is 11.3 Å². The zero-order chi connectivity index (χ0) is 18.8. The first-order valence-corrected chi connectivity index (χ1v) is 9.78. The van der Waals surface area contributed by atoms with Crippen LogP contribution in [-0.4, -0.2) is 16.7 Å². The lowest BCUT2D eigenvalue weighted by Gasteiger charge is -2.15. The summed E-state index contributed by atoms with van der Waals surface area (Å²) in [5.74, 6) is 0.152. The van der Waals surface area contributed by atoms with Crippen LogP contribution in [0.3, 0.4) is 0 Å². The van der Waals surface area contributed by atoms with Gasteiger partial charge in [-0.3, -0.25) is 4.98 Å². The smallest absolute Gasteiger partial charge is 0.0726 e. The number of halogens is 1. The predicted molar refractivity (Wildman–Crippen MR) is 112 cm³/mol. The molecule has 1 atom stereocenters. The van der Waals surface area contributed by atoms with Gasteiger partial charge in [-0.05, 0) is 60.7 Å². The first-order chi connectivity index (χ1) is 13.1. The highest BCUT2D eigenvalue weighted by atomic mass is 35.5. The Morgan fingerprint density at radius 1 is 1.11 bits per heavy atom. The lowest BCUT2D eigenvalue weighted by atomic mass is 10.0. The molecule has 0 fully saturated rings. The number of aliphatic hydroxyl groups excluding tert-OH is 1. The molecule has 27 heavy (non-hydrogen) atoms. The second-order valence-electron chi connectivity index (χ2n) is 7.17. The molecule has 0 spiro atoms. The molecule has 0 saturated heterocycles. The van der Waals surface area contributed by atoms with E-state index in [1.807, 2.05) is 31.2 Å². The Labute approximate surface area is 165 Å². The van der Waals surface area contributed by atoms with Crippen molar-refractivity contribution in [2.75, 3.05) is 11.9 Å². The molecular weight excluding hydrogens is 356 g/mol. The van der Waals surface area contributed by atoms with Gasteiger partial charge in [-0.2, -0.15) is 0 Å². The van der Waals surface area contributed by atoms with Gasteiger partial charge in [0.25, 0.3) is 0 Å². The summed E-state index contributed by atoms with van der Waals surface area (Å²) in [5.41, 5.74) is 7.78. The van der Waals surface area contributed by atoms with Gasteiger partial charge >= 0.3 is 0 Å². The zero-order valence-electron chi connectivity index (χ0n) is 15.4. The van der Waals surface area contributed by atoms with Gasteiger partial charge in [-0.25, -0.2) is 0 Å². The first-order valence-electron chi connectivity index (χ1n) is 9.40. The van der Waals surface area contributed by atoms with Crippen molar-refractivity contribution in [1.82, 2.24) is 4.98 Å². The SMILES string of the molecule is CC(CO)c1ccc(Nc2cc(-c3cccc(Cl)c3)nc3c2CCC3)cc1. The minimum atomic E-state index is 0.152. The van der Waals surface area contributed by atoms with Gasteiger partial charge < -0.3 is 10.4 Å². The van der Waals surface area contributed by atoms with E-state index in [1.165, 1.54) is 11.3 Å². The van der Waals surface area contributed by atoms with E-state index < -0.39 is 0 Å². The molecule has 0 amide bonds. The van der Waals surface area contributed by atoms with Crippen molar-refractivity contribution in [2.45, 2.75) is 32.1 Å². The van der Waals surface area contributed by atoms with Gasteiger partial charge in [0, 0.05) is 40.2 Å². The number of anilines is 2. The van der Waals surface area contributed by atoms with E-state index in [0.717, 1.165) is 52.5 Å². The Kier molecular flexibility index (Phi) is 5.15. The third kappa shape index (κ3) is 3.85. The van der Waals surface area contributed by atoms with Crippen LogP contribution in [0.4, 0.5) is 11.4 Å². The summed E-state index contributed by atoms with van der Waals surface area (Å²) in [6.45, 7) is 2.18. The molecule has 1 aliphatic rings. The molecule has 1 aliphatic carbocycles. The highest BCUT2D eigenvalue weighted by Crippen LogP contribution is 2.34. The predicted octanol–water partition coefficient (Wildman–Crippen LogP) is 5.73. The normalized spacial score (nSPS) is 14.0. The van der Waals surface area contributed by atoms with Gasteiger partial charge in [0.1, 0.15) is 0 Å². The van der Waals surface area contributed by atoms with Crippen LogP contribution in [0, 0.1) is 0 Å². The molecule has 4 rings (SSSR count). The average Bonchev–Trinajstić information content (AvgIpc) is 3.17. The van der Waals surface area contributed by atoms with Gasteiger partial charge in [0.05, 0.1) is 5.69 Å². The molecule has 1 unspecified atom stereocenters. The number of aryl methyl sites for hydroxylation is 1. The average molecular weight is 379 g/mol. The number of fused-ring (bicyclic) bond motifs is 1. The second kappa shape index (κ2) is 7.71. The molecule has 3 aromatic rings. The van der Waals surface area contributed by atoms with E-state index in [1.54, 1.807) is 0 Å². The second-order valence-corrected chi connectivity index (χ2v) is 7.61. The summed E-state index contributed by atoms with van der Waals surface area (Å²) in [4.78, 5) is 4.89. The number of aromatic nitrogens is 1. The van der Waals surface area contributed by atoms with E-state index in [2.05, 4.69) is 35.6 Å². The number of pyridine rings is 1. The van der Waals surface area contributed by atoms with Crippen molar-refractivity contribution >= 4 is 23.0 Å². The summed E-state index contributed by atoms with van der Waals surface area (Å²) in [6, 6.07) is 18.3. The molecule has 0 aliphatic heterocycles. The van der Waals surface area contributed by atoms with E-state index in [-0.39, 0.29) is 12.5 Å². The van der Waals surface area contributed by atoms with E-state index in [0.29, 0.717) is 0 Å². The zero-order valence-corrected chi connectivity index (χ0v) is 16.1. The van der Waals surface area contributed by atoms with E-state index in [9.17, 15) is 5.11 Å².